The van der Waals surface area contributed by atoms with Gasteiger partial charge in [-0.3, -0.25) is 0 Å². The average Bonchev–Trinajstić information content (AvgIpc) is 3.35. The molecule has 8 heteroatoms. The fraction of sp³-hybridized carbons (Fsp3) is 0.304. The molecule has 0 radical (unpaired) electrons. The summed E-state index contributed by atoms with van der Waals surface area (Å²) in [5.74, 6) is -0.193. The normalized spacial score (nSPS) is 13.9. The maximum absolute atomic E-state index is 12.6. The molecule has 3 rings (SSSR count). The minimum absolute atomic E-state index is 0.389. The summed E-state index contributed by atoms with van der Waals surface area (Å²) in [7, 11) is 5.85. The molecular formula is C23H25NO6S. The first-order chi connectivity index (χ1) is 15.0. The summed E-state index contributed by atoms with van der Waals surface area (Å²) < 4.78 is 20.7. The number of nitrogens with zero attached hydrogens (tertiary/aromatic N) is 1. The predicted octanol–water partition coefficient (Wildman–Crippen LogP) is 3.52. The highest BCUT2D eigenvalue weighted by molar-refractivity contribution is 7.10. The number of hydrogen-bond acceptors (Lipinski definition) is 8. The van der Waals surface area contributed by atoms with Gasteiger partial charge in [0.25, 0.3) is 0 Å². The Kier molecular flexibility index (Phi) is 7.36. The summed E-state index contributed by atoms with van der Waals surface area (Å²) in [6.07, 6.45) is 4.13. The lowest BCUT2D eigenvalue weighted by molar-refractivity contribution is -0.137. The number of thiophene rings is 1. The van der Waals surface area contributed by atoms with Gasteiger partial charge < -0.3 is 23.8 Å². The smallest absolute Gasteiger partial charge is 0.336 e. The molecule has 0 fully saturated rings. The van der Waals surface area contributed by atoms with Crippen LogP contribution in [-0.2, 0) is 25.5 Å². The van der Waals surface area contributed by atoms with E-state index in [2.05, 4.69) is 0 Å². The van der Waals surface area contributed by atoms with E-state index in [0.717, 1.165) is 10.4 Å². The minimum atomic E-state index is -0.530. The predicted molar refractivity (Wildman–Crippen MR) is 117 cm³/mol. The number of benzene rings is 1. The lowest BCUT2D eigenvalue weighted by Crippen LogP contribution is -2.29. The van der Waals surface area contributed by atoms with E-state index in [1.54, 1.807) is 26.6 Å². The molecule has 7 nitrogen and oxygen atoms in total. The molecule has 0 bridgehead atoms. The number of carbonyl (C=O) groups is 2. The second-order valence-electron chi connectivity index (χ2n) is 6.78. The van der Waals surface area contributed by atoms with Crippen molar-refractivity contribution in [3.8, 4) is 11.5 Å². The van der Waals surface area contributed by atoms with Crippen LogP contribution in [0.4, 0.5) is 0 Å². The van der Waals surface area contributed by atoms with Crippen LogP contribution in [0.15, 0.2) is 59.3 Å². The molecule has 31 heavy (non-hydrogen) atoms. The zero-order valence-electron chi connectivity index (χ0n) is 17.9. The fourth-order valence-corrected chi connectivity index (χ4v) is 4.33. The first-order valence-electron chi connectivity index (χ1n) is 9.62. The lowest BCUT2D eigenvalue weighted by atomic mass is 9.88. The molecule has 0 amide bonds. The van der Waals surface area contributed by atoms with Crippen LogP contribution in [-0.4, -0.2) is 51.8 Å². The van der Waals surface area contributed by atoms with Crippen molar-refractivity contribution < 1.29 is 28.5 Å². The van der Waals surface area contributed by atoms with Crippen molar-refractivity contribution in [1.82, 2.24) is 4.90 Å². The molecule has 0 saturated carbocycles. The van der Waals surface area contributed by atoms with E-state index in [-0.39, 0.29) is 0 Å². The third-order valence-corrected chi connectivity index (χ3v) is 5.95. The molecule has 1 aliphatic heterocycles. The van der Waals surface area contributed by atoms with Crippen LogP contribution >= 0.6 is 11.3 Å². The molecule has 0 saturated heterocycles. The van der Waals surface area contributed by atoms with Crippen LogP contribution < -0.4 is 9.47 Å². The molecule has 0 spiro atoms. The number of esters is 2. The van der Waals surface area contributed by atoms with E-state index in [1.165, 1.54) is 25.6 Å². The highest BCUT2D eigenvalue weighted by Gasteiger charge is 2.35. The number of rotatable bonds is 8. The Morgan fingerprint density at radius 1 is 0.935 bits per heavy atom. The molecule has 1 aromatic carbocycles. The number of carbonyl (C=O) groups excluding carboxylic acids is 2. The quantitative estimate of drug-likeness (QED) is 0.578. The van der Waals surface area contributed by atoms with Gasteiger partial charge in [0.1, 0.15) is 0 Å². The Balaban J connectivity index is 1.91. The van der Waals surface area contributed by atoms with Gasteiger partial charge in [-0.25, -0.2) is 9.59 Å². The van der Waals surface area contributed by atoms with Crippen LogP contribution in [0.25, 0.3) is 0 Å². The Hall–Kier alpha value is -3.26. The first kappa shape index (κ1) is 22.4. The molecule has 1 aliphatic rings. The summed E-state index contributed by atoms with van der Waals surface area (Å²) in [6.45, 7) is 0.535. The molecule has 2 heterocycles. The summed E-state index contributed by atoms with van der Waals surface area (Å²) in [4.78, 5) is 27.8. The molecule has 164 valence electrons. The Labute approximate surface area is 185 Å². The van der Waals surface area contributed by atoms with Crippen molar-refractivity contribution >= 4 is 23.3 Å². The zero-order valence-corrected chi connectivity index (χ0v) is 18.7. The third kappa shape index (κ3) is 4.91. The van der Waals surface area contributed by atoms with Crippen LogP contribution in [0.5, 0.6) is 11.5 Å². The molecule has 0 atom stereocenters. The van der Waals surface area contributed by atoms with Gasteiger partial charge in [-0.1, -0.05) is 12.1 Å². The summed E-state index contributed by atoms with van der Waals surface area (Å²) in [5, 5.41) is 1.91. The molecule has 0 N–H and O–H groups in total. The largest absolute Gasteiger partial charge is 0.493 e. The van der Waals surface area contributed by atoms with E-state index in [0.29, 0.717) is 35.6 Å². The van der Waals surface area contributed by atoms with E-state index < -0.39 is 17.9 Å². The van der Waals surface area contributed by atoms with E-state index in [1.807, 2.05) is 40.6 Å². The van der Waals surface area contributed by atoms with Crippen LogP contribution in [0.1, 0.15) is 16.4 Å². The average molecular weight is 444 g/mol. The number of methoxy groups -OCH3 is 4. The van der Waals surface area contributed by atoms with Crippen LogP contribution in [0.3, 0.4) is 0 Å². The monoisotopic (exact) mass is 443 g/mol. The van der Waals surface area contributed by atoms with Gasteiger partial charge >= 0.3 is 11.9 Å². The Bertz CT molecular complexity index is 962. The van der Waals surface area contributed by atoms with Gasteiger partial charge in [0.15, 0.2) is 11.5 Å². The van der Waals surface area contributed by atoms with Crippen molar-refractivity contribution in [2.45, 2.75) is 12.3 Å². The highest BCUT2D eigenvalue weighted by atomic mass is 32.1. The van der Waals surface area contributed by atoms with Crippen molar-refractivity contribution in [3.05, 3.63) is 69.7 Å². The van der Waals surface area contributed by atoms with Gasteiger partial charge in [-0.2, -0.15) is 0 Å². The van der Waals surface area contributed by atoms with Crippen LogP contribution in [0, 0.1) is 0 Å². The summed E-state index contributed by atoms with van der Waals surface area (Å²) in [6, 6.07) is 9.49. The maximum Gasteiger partial charge on any atom is 0.336 e. The molecule has 1 aromatic heterocycles. The van der Waals surface area contributed by atoms with E-state index in [9.17, 15) is 9.59 Å². The standard InChI is InChI=1S/C23H25NO6S/c1-27-18-8-7-15(12-19(18)28-2)9-10-24-13-16(22(25)29-3)21(20-6-5-11-31-20)17(14-24)23(26)30-4/h5-8,11-14,21H,9-10H2,1-4H3. The van der Waals surface area contributed by atoms with Crippen molar-refractivity contribution in [2.75, 3.05) is 35.0 Å². The summed E-state index contributed by atoms with van der Waals surface area (Å²) in [5.41, 5.74) is 1.80. The number of hydrogen-bond donors (Lipinski definition) is 0. The molecule has 0 unspecified atom stereocenters. The number of ether oxygens (including phenoxy) is 4. The van der Waals surface area contributed by atoms with Gasteiger partial charge in [0.2, 0.25) is 0 Å². The van der Waals surface area contributed by atoms with Gasteiger partial charge in [0.05, 0.1) is 45.5 Å². The van der Waals surface area contributed by atoms with Crippen molar-refractivity contribution in [2.24, 2.45) is 0 Å². The minimum Gasteiger partial charge on any atom is -0.493 e. The maximum atomic E-state index is 12.6. The van der Waals surface area contributed by atoms with Gasteiger partial charge in [-0.15, -0.1) is 11.3 Å². The van der Waals surface area contributed by atoms with E-state index in [4.69, 9.17) is 18.9 Å². The van der Waals surface area contributed by atoms with Crippen LogP contribution in [0.2, 0.25) is 0 Å². The Morgan fingerprint density at radius 2 is 1.58 bits per heavy atom. The third-order valence-electron chi connectivity index (χ3n) is 5.01. The second-order valence-corrected chi connectivity index (χ2v) is 7.76. The topological polar surface area (TPSA) is 74.3 Å². The second kappa shape index (κ2) is 10.2. The Morgan fingerprint density at radius 3 is 2.10 bits per heavy atom. The zero-order chi connectivity index (χ0) is 22.4. The lowest BCUT2D eigenvalue weighted by Gasteiger charge is -2.29. The summed E-state index contributed by atoms with van der Waals surface area (Å²) >= 11 is 1.47. The fourth-order valence-electron chi connectivity index (χ4n) is 3.47. The SMILES string of the molecule is COC(=O)C1=CN(CCc2ccc(OC)c(OC)c2)C=C(C(=O)OC)C1c1cccs1. The molecular weight excluding hydrogens is 418 g/mol. The van der Waals surface area contributed by atoms with Gasteiger partial charge in [0, 0.05) is 23.8 Å². The van der Waals surface area contributed by atoms with Crippen molar-refractivity contribution in [3.63, 3.8) is 0 Å². The first-order valence-corrected chi connectivity index (χ1v) is 10.5. The molecule has 2 aromatic rings. The van der Waals surface area contributed by atoms with Crippen molar-refractivity contribution in [1.29, 1.82) is 0 Å². The van der Waals surface area contributed by atoms with Gasteiger partial charge in [-0.05, 0) is 35.6 Å². The highest BCUT2D eigenvalue weighted by Crippen LogP contribution is 2.39. The molecule has 0 aliphatic carbocycles. The van der Waals surface area contributed by atoms with E-state index >= 15 is 0 Å².